The molecule has 1 unspecified atom stereocenters. The number of nitrogens with one attached hydrogen (secondary N) is 1. The van der Waals surface area contributed by atoms with Crippen molar-refractivity contribution in [2.24, 2.45) is 0 Å². The first-order valence-electron chi connectivity index (χ1n) is 7.95. The molecule has 4 rings (SSSR count). The van der Waals surface area contributed by atoms with E-state index in [1.807, 2.05) is 16.8 Å². The average Bonchev–Trinajstić information content (AvgIpc) is 3.28. The summed E-state index contributed by atoms with van der Waals surface area (Å²) in [7, 11) is 0. The number of β-amino-alcohol motifs (C(OH)–C–C–N with tert-alkyl or cyclic N) is 1. The predicted molar refractivity (Wildman–Crippen MR) is 85.6 cm³/mol. The molecule has 0 amide bonds. The van der Waals surface area contributed by atoms with Crippen molar-refractivity contribution in [2.45, 2.75) is 32.0 Å². The SMILES string of the molecule is CCn1nc(CN2CCC(O)(c3cn[nH]n3)C2)c2ccccc21. The van der Waals surface area contributed by atoms with E-state index in [1.54, 1.807) is 6.20 Å². The van der Waals surface area contributed by atoms with Crippen LogP contribution in [0.15, 0.2) is 30.5 Å². The van der Waals surface area contributed by atoms with Crippen LogP contribution in [-0.2, 0) is 18.7 Å². The minimum atomic E-state index is -0.921. The highest BCUT2D eigenvalue weighted by molar-refractivity contribution is 5.81. The van der Waals surface area contributed by atoms with Gasteiger partial charge in [0, 0.05) is 31.6 Å². The Balaban J connectivity index is 1.58. The van der Waals surface area contributed by atoms with Crippen LogP contribution in [0.25, 0.3) is 10.9 Å². The van der Waals surface area contributed by atoms with Crippen LogP contribution >= 0.6 is 0 Å². The molecule has 2 aromatic heterocycles. The molecule has 1 aromatic carbocycles. The highest BCUT2D eigenvalue weighted by Crippen LogP contribution is 2.31. The summed E-state index contributed by atoms with van der Waals surface area (Å²) >= 11 is 0. The van der Waals surface area contributed by atoms with Gasteiger partial charge in [0.25, 0.3) is 0 Å². The largest absolute Gasteiger partial charge is 0.382 e. The lowest BCUT2D eigenvalue weighted by atomic mass is 10.00. The summed E-state index contributed by atoms with van der Waals surface area (Å²) in [4.78, 5) is 2.23. The second kappa shape index (κ2) is 5.43. The molecule has 3 heterocycles. The summed E-state index contributed by atoms with van der Waals surface area (Å²) in [6, 6.07) is 8.30. The molecule has 0 spiro atoms. The first-order chi connectivity index (χ1) is 11.2. The van der Waals surface area contributed by atoms with Gasteiger partial charge in [-0.25, -0.2) is 0 Å². The molecular weight excluding hydrogens is 292 g/mol. The van der Waals surface area contributed by atoms with E-state index in [9.17, 15) is 5.11 Å². The first kappa shape index (κ1) is 14.3. The molecule has 120 valence electrons. The van der Waals surface area contributed by atoms with Crippen LogP contribution in [0.1, 0.15) is 24.7 Å². The number of para-hydroxylation sites is 1. The number of aryl methyl sites for hydroxylation is 1. The van der Waals surface area contributed by atoms with Crippen LogP contribution in [-0.4, -0.2) is 48.3 Å². The average molecular weight is 312 g/mol. The van der Waals surface area contributed by atoms with Gasteiger partial charge in [0.15, 0.2) is 0 Å². The van der Waals surface area contributed by atoms with Crippen LogP contribution in [0.3, 0.4) is 0 Å². The molecule has 0 bridgehead atoms. The maximum absolute atomic E-state index is 10.8. The zero-order valence-electron chi connectivity index (χ0n) is 13.1. The second-order valence-electron chi connectivity index (χ2n) is 6.13. The number of benzene rings is 1. The van der Waals surface area contributed by atoms with Gasteiger partial charge < -0.3 is 5.11 Å². The third-order valence-corrected chi connectivity index (χ3v) is 4.63. The molecule has 1 aliphatic heterocycles. The Bertz CT molecular complexity index is 811. The van der Waals surface area contributed by atoms with Crippen molar-refractivity contribution >= 4 is 10.9 Å². The van der Waals surface area contributed by atoms with E-state index in [0.717, 1.165) is 30.8 Å². The lowest BCUT2D eigenvalue weighted by molar-refractivity contribution is 0.0407. The quantitative estimate of drug-likeness (QED) is 0.758. The fourth-order valence-corrected chi connectivity index (χ4v) is 3.41. The van der Waals surface area contributed by atoms with Crippen molar-refractivity contribution in [1.82, 2.24) is 30.1 Å². The van der Waals surface area contributed by atoms with Crippen molar-refractivity contribution in [1.29, 1.82) is 0 Å². The van der Waals surface area contributed by atoms with Gasteiger partial charge in [0.1, 0.15) is 11.3 Å². The van der Waals surface area contributed by atoms with Crippen molar-refractivity contribution in [3.05, 3.63) is 41.9 Å². The molecule has 7 heteroatoms. The lowest BCUT2D eigenvalue weighted by Gasteiger charge is -2.20. The normalized spacial score (nSPS) is 22.2. The van der Waals surface area contributed by atoms with E-state index in [0.29, 0.717) is 18.7 Å². The Morgan fingerprint density at radius 1 is 1.35 bits per heavy atom. The number of rotatable bonds is 4. The number of aromatic amines is 1. The van der Waals surface area contributed by atoms with Gasteiger partial charge >= 0.3 is 0 Å². The molecule has 7 nitrogen and oxygen atoms in total. The minimum Gasteiger partial charge on any atom is -0.382 e. The highest BCUT2D eigenvalue weighted by atomic mass is 16.3. The van der Waals surface area contributed by atoms with Crippen molar-refractivity contribution < 1.29 is 5.11 Å². The van der Waals surface area contributed by atoms with Crippen LogP contribution in [0, 0.1) is 0 Å². The fourth-order valence-electron chi connectivity index (χ4n) is 3.41. The van der Waals surface area contributed by atoms with Gasteiger partial charge in [-0.05, 0) is 19.4 Å². The van der Waals surface area contributed by atoms with Crippen LogP contribution in [0.2, 0.25) is 0 Å². The number of H-pyrrole nitrogens is 1. The Hall–Kier alpha value is -2.25. The molecule has 0 radical (unpaired) electrons. The zero-order valence-corrected chi connectivity index (χ0v) is 13.1. The molecule has 1 atom stereocenters. The van der Waals surface area contributed by atoms with E-state index in [4.69, 9.17) is 5.10 Å². The molecule has 2 N–H and O–H groups in total. The van der Waals surface area contributed by atoms with Gasteiger partial charge in [0.05, 0.1) is 17.4 Å². The Morgan fingerprint density at radius 2 is 2.22 bits per heavy atom. The zero-order chi connectivity index (χ0) is 15.9. The van der Waals surface area contributed by atoms with Gasteiger partial charge in [-0.15, -0.1) is 0 Å². The number of hydrogen-bond donors (Lipinski definition) is 2. The van der Waals surface area contributed by atoms with Gasteiger partial charge in [-0.1, -0.05) is 18.2 Å². The van der Waals surface area contributed by atoms with Crippen molar-refractivity contribution in [3.8, 4) is 0 Å². The summed E-state index contributed by atoms with van der Waals surface area (Å²) in [5.41, 5.74) is 1.92. The predicted octanol–water partition coefficient (Wildman–Crippen LogP) is 1.27. The minimum absolute atomic E-state index is 0.548. The first-order valence-corrected chi connectivity index (χ1v) is 7.95. The van der Waals surface area contributed by atoms with Gasteiger partial charge in [0.2, 0.25) is 0 Å². The molecule has 23 heavy (non-hydrogen) atoms. The van der Waals surface area contributed by atoms with E-state index in [1.165, 1.54) is 5.39 Å². The van der Waals surface area contributed by atoms with Crippen LogP contribution in [0.4, 0.5) is 0 Å². The number of fused-ring (bicyclic) bond motifs is 1. The van der Waals surface area contributed by atoms with Crippen molar-refractivity contribution in [2.75, 3.05) is 13.1 Å². The standard InChI is InChI=1S/C16H20N6O/c1-2-22-14-6-4-3-5-12(14)13(19-22)10-21-8-7-16(23,11-21)15-9-17-20-18-15/h3-6,9,23H,2,7-8,10-11H2,1H3,(H,17,18,20). The molecule has 0 saturated carbocycles. The Labute approximate surface area is 133 Å². The van der Waals surface area contributed by atoms with Crippen molar-refractivity contribution in [3.63, 3.8) is 0 Å². The lowest BCUT2D eigenvalue weighted by Crippen LogP contribution is -2.31. The smallest absolute Gasteiger partial charge is 0.124 e. The molecule has 1 fully saturated rings. The molecule has 1 aliphatic rings. The summed E-state index contributed by atoms with van der Waals surface area (Å²) in [6.45, 7) is 5.04. The topological polar surface area (TPSA) is 82.9 Å². The summed E-state index contributed by atoms with van der Waals surface area (Å²) in [5.74, 6) is 0. The van der Waals surface area contributed by atoms with Gasteiger partial charge in [-0.3, -0.25) is 9.58 Å². The van der Waals surface area contributed by atoms with E-state index in [2.05, 4.69) is 39.4 Å². The number of nitrogens with zero attached hydrogens (tertiary/aromatic N) is 5. The molecule has 1 saturated heterocycles. The summed E-state index contributed by atoms with van der Waals surface area (Å²) in [6.07, 6.45) is 2.26. The Kier molecular flexibility index (Phi) is 3.39. The van der Waals surface area contributed by atoms with Gasteiger partial charge in [-0.2, -0.15) is 20.5 Å². The van der Waals surface area contributed by atoms with Crippen LogP contribution < -0.4 is 0 Å². The number of aromatic nitrogens is 5. The number of hydrogen-bond acceptors (Lipinski definition) is 5. The van der Waals surface area contributed by atoms with Crippen LogP contribution in [0.5, 0.6) is 0 Å². The fraction of sp³-hybridized carbons (Fsp3) is 0.438. The second-order valence-corrected chi connectivity index (χ2v) is 6.13. The summed E-state index contributed by atoms with van der Waals surface area (Å²) < 4.78 is 2.03. The maximum atomic E-state index is 10.8. The summed E-state index contributed by atoms with van der Waals surface area (Å²) in [5, 5.41) is 27.1. The molecule has 3 aromatic rings. The maximum Gasteiger partial charge on any atom is 0.124 e. The Morgan fingerprint density at radius 3 is 3.00 bits per heavy atom. The number of likely N-dealkylation sites (tertiary alicyclic amines) is 1. The highest BCUT2D eigenvalue weighted by Gasteiger charge is 2.40. The van der Waals surface area contributed by atoms with E-state index >= 15 is 0 Å². The third-order valence-electron chi connectivity index (χ3n) is 4.63. The van der Waals surface area contributed by atoms with E-state index < -0.39 is 5.60 Å². The molecule has 0 aliphatic carbocycles. The van der Waals surface area contributed by atoms with E-state index in [-0.39, 0.29) is 0 Å². The third kappa shape index (κ3) is 2.42. The number of aliphatic hydroxyl groups is 1. The molecular formula is C16H20N6O. The monoisotopic (exact) mass is 312 g/mol.